The Kier molecular flexibility index (Phi) is 3.02. The van der Waals surface area contributed by atoms with Gasteiger partial charge in [0.2, 0.25) is 0 Å². The molecule has 1 saturated carbocycles. The van der Waals surface area contributed by atoms with E-state index in [2.05, 4.69) is 4.90 Å². The van der Waals surface area contributed by atoms with Crippen molar-refractivity contribution < 1.29 is 4.39 Å². The average Bonchev–Trinajstić information content (AvgIpc) is 2.88. The predicted octanol–water partition coefficient (Wildman–Crippen LogP) is 3.08. The minimum absolute atomic E-state index is 0.115. The van der Waals surface area contributed by atoms with Crippen LogP contribution in [-0.2, 0) is 0 Å². The number of nitrogens with zero attached hydrogens (tertiary/aromatic N) is 1. The van der Waals surface area contributed by atoms with Crippen molar-refractivity contribution in [2.75, 3.05) is 18.0 Å². The second kappa shape index (κ2) is 4.54. The van der Waals surface area contributed by atoms with E-state index in [1.165, 1.54) is 19.3 Å². The molecule has 0 bridgehead atoms. The zero-order chi connectivity index (χ0) is 12.7. The maximum atomic E-state index is 14.1. The molecule has 1 aromatic carbocycles. The number of anilines is 1. The Balaban J connectivity index is 1.92. The van der Waals surface area contributed by atoms with Gasteiger partial charge >= 0.3 is 0 Å². The number of rotatable bonds is 2. The van der Waals surface area contributed by atoms with Crippen LogP contribution < -0.4 is 10.6 Å². The molecular weight excluding hydrogens is 227 g/mol. The van der Waals surface area contributed by atoms with Gasteiger partial charge in [-0.05, 0) is 43.2 Å². The third kappa shape index (κ3) is 1.91. The SMILES string of the molecule is C[C@H](N)c1cccc(F)c1N1CC2CCCC2C1. The number of halogens is 1. The van der Waals surface area contributed by atoms with Crippen molar-refractivity contribution in [1.29, 1.82) is 0 Å². The summed E-state index contributed by atoms with van der Waals surface area (Å²) >= 11 is 0. The maximum Gasteiger partial charge on any atom is 0.146 e. The Morgan fingerprint density at radius 1 is 1.28 bits per heavy atom. The minimum Gasteiger partial charge on any atom is -0.368 e. The molecule has 1 aliphatic carbocycles. The molecule has 2 nitrogen and oxygen atoms in total. The molecule has 3 heteroatoms. The first kappa shape index (κ1) is 12.0. The van der Waals surface area contributed by atoms with Crippen LogP contribution in [0.3, 0.4) is 0 Å². The average molecular weight is 248 g/mol. The molecule has 0 spiro atoms. The maximum absolute atomic E-state index is 14.1. The second-order valence-corrected chi connectivity index (χ2v) is 5.82. The Morgan fingerprint density at radius 3 is 2.56 bits per heavy atom. The Morgan fingerprint density at radius 2 is 1.94 bits per heavy atom. The van der Waals surface area contributed by atoms with Crippen molar-refractivity contribution in [2.45, 2.75) is 32.2 Å². The lowest BCUT2D eigenvalue weighted by Gasteiger charge is -2.25. The van der Waals surface area contributed by atoms with Gasteiger partial charge in [0.05, 0.1) is 5.69 Å². The van der Waals surface area contributed by atoms with Gasteiger partial charge in [-0.2, -0.15) is 0 Å². The molecule has 1 aromatic rings. The van der Waals surface area contributed by atoms with Crippen molar-refractivity contribution in [3.05, 3.63) is 29.6 Å². The summed E-state index contributed by atoms with van der Waals surface area (Å²) < 4.78 is 14.1. The van der Waals surface area contributed by atoms with E-state index in [9.17, 15) is 4.39 Å². The fourth-order valence-corrected chi connectivity index (χ4v) is 3.65. The highest BCUT2D eigenvalue weighted by atomic mass is 19.1. The van der Waals surface area contributed by atoms with Gasteiger partial charge in [-0.1, -0.05) is 18.6 Å². The van der Waals surface area contributed by atoms with E-state index in [1.54, 1.807) is 12.1 Å². The number of hydrogen-bond acceptors (Lipinski definition) is 2. The van der Waals surface area contributed by atoms with Gasteiger partial charge in [0.1, 0.15) is 5.82 Å². The summed E-state index contributed by atoms with van der Waals surface area (Å²) in [7, 11) is 0. The van der Waals surface area contributed by atoms with Crippen molar-refractivity contribution in [3.8, 4) is 0 Å². The van der Waals surface area contributed by atoms with Crippen LogP contribution in [0.4, 0.5) is 10.1 Å². The molecule has 3 atom stereocenters. The van der Waals surface area contributed by atoms with Crippen LogP contribution in [-0.4, -0.2) is 13.1 Å². The summed E-state index contributed by atoms with van der Waals surface area (Å²) in [4.78, 5) is 2.22. The smallest absolute Gasteiger partial charge is 0.146 e. The van der Waals surface area contributed by atoms with Crippen LogP contribution in [0.5, 0.6) is 0 Å². The third-order valence-electron chi connectivity index (χ3n) is 4.55. The fraction of sp³-hybridized carbons (Fsp3) is 0.600. The molecule has 1 aliphatic heterocycles. The highest BCUT2D eigenvalue weighted by molar-refractivity contribution is 5.57. The highest BCUT2D eigenvalue weighted by Crippen LogP contribution is 2.41. The van der Waals surface area contributed by atoms with Crippen molar-refractivity contribution in [2.24, 2.45) is 17.6 Å². The predicted molar refractivity (Wildman–Crippen MR) is 72.0 cm³/mol. The molecule has 98 valence electrons. The molecule has 1 saturated heterocycles. The van der Waals surface area contributed by atoms with E-state index in [0.29, 0.717) is 0 Å². The van der Waals surface area contributed by atoms with E-state index in [0.717, 1.165) is 36.2 Å². The largest absolute Gasteiger partial charge is 0.368 e. The zero-order valence-electron chi connectivity index (χ0n) is 10.9. The first-order chi connectivity index (χ1) is 8.66. The number of fused-ring (bicyclic) bond motifs is 1. The Bertz CT molecular complexity index is 432. The number of nitrogens with two attached hydrogens (primary N) is 1. The summed E-state index contributed by atoms with van der Waals surface area (Å²) in [5.41, 5.74) is 7.67. The van der Waals surface area contributed by atoms with Crippen LogP contribution >= 0.6 is 0 Å². The molecule has 1 heterocycles. The van der Waals surface area contributed by atoms with E-state index >= 15 is 0 Å². The van der Waals surface area contributed by atoms with E-state index in [1.807, 2.05) is 13.0 Å². The van der Waals surface area contributed by atoms with Crippen LogP contribution in [0.2, 0.25) is 0 Å². The van der Waals surface area contributed by atoms with Gasteiger partial charge < -0.3 is 10.6 Å². The van der Waals surface area contributed by atoms with Gasteiger partial charge in [0.15, 0.2) is 0 Å². The van der Waals surface area contributed by atoms with Crippen LogP contribution in [0, 0.1) is 17.7 Å². The molecule has 2 aliphatic rings. The Hall–Kier alpha value is -1.09. The molecular formula is C15H21FN2. The summed E-state index contributed by atoms with van der Waals surface area (Å²) in [6.45, 7) is 3.94. The van der Waals surface area contributed by atoms with Gasteiger partial charge in [0.25, 0.3) is 0 Å². The lowest BCUT2D eigenvalue weighted by molar-refractivity contribution is 0.494. The number of para-hydroxylation sites is 1. The molecule has 18 heavy (non-hydrogen) atoms. The summed E-state index contributed by atoms with van der Waals surface area (Å²) in [6.07, 6.45) is 3.97. The molecule has 3 rings (SSSR count). The van der Waals surface area contributed by atoms with Crippen LogP contribution in [0.25, 0.3) is 0 Å². The quantitative estimate of drug-likeness (QED) is 0.871. The monoisotopic (exact) mass is 248 g/mol. The number of benzene rings is 1. The Labute approximate surface area is 108 Å². The molecule has 2 unspecified atom stereocenters. The standard InChI is InChI=1S/C15H21FN2/c1-10(17)13-6-3-7-14(16)15(13)18-8-11-4-2-5-12(11)9-18/h3,6-7,10-12H,2,4-5,8-9,17H2,1H3/t10-,11?,12?/m0/s1. The molecule has 0 radical (unpaired) electrons. The van der Waals surface area contributed by atoms with E-state index in [-0.39, 0.29) is 11.9 Å². The molecule has 0 amide bonds. The highest BCUT2D eigenvalue weighted by Gasteiger charge is 2.37. The lowest BCUT2D eigenvalue weighted by atomic mass is 10.0. The molecule has 0 aromatic heterocycles. The summed E-state index contributed by atoms with van der Waals surface area (Å²) in [6, 6.07) is 5.15. The lowest BCUT2D eigenvalue weighted by Crippen LogP contribution is -2.24. The summed E-state index contributed by atoms with van der Waals surface area (Å²) in [5.74, 6) is 1.42. The normalized spacial score (nSPS) is 28.5. The van der Waals surface area contributed by atoms with Crippen LogP contribution in [0.1, 0.15) is 37.8 Å². The van der Waals surface area contributed by atoms with Gasteiger partial charge in [-0.25, -0.2) is 4.39 Å². The van der Waals surface area contributed by atoms with Crippen LogP contribution in [0.15, 0.2) is 18.2 Å². The first-order valence-electron chi connectivity index (χ1n) is 6.95. The van der Waals surface area contributed by atoms with E-state index in [4.69, 9.17) is 5.73 Å². The van der Waals surface area contributed by atoms with Gasteiger partial charge in [0, 0.05) is 19.1 Å². The molecule has 2 N–H and O–H groups in total. The topological polar surface area (TPSA) is 29.3 Å². The fourth-order valence-electron chi connectivity index (χ4n) is 3.65. The minimum atomic E-state index is -0.121. The summed E-state index contributed by atoms with van der Waals surface area (Å²) in [5, 5.41) is 0. The van der Waals surface area contributed by atoms with Crippen molar-refractivity contribution in [3.63, 3.8) is 0 Å². The van der Waals surface area contributed by atoms with Crippen molar-refractivity contribution >= 4 is 5.69 Å². The number of hydrogen-bond donors (Lipinski definition) is 1. The zero-order valence-corrected chi connectivity index (χ0v) is 10.9. The van der Waals surface area contributed by atoms with Gasteiger partial charge in [-0.15, -0.1) is 0 Å². The van der Waals surface area contributed by atoms with Gasteiger partial charge in [-0.3, -0.25) is 0 Å². The first-order valence-corrected chi connectivity index (χ1v) is 6.95. The third-order valence-corrected chi connectivity index (χ3v) is 4.55. The van der Waals surface area contributed by atoms with E-state index < -0.39 is 0 Å². The molecule has 2 fully saturated rings. The van der Waals surface area contributed by atoms with Crippen molar-refractivity contribution in [1.82, 2.24) is 0 Å². The second-order valence-electron chi connectivity index (χ2n) is 5.82.